The number of aromatic nitrogens is 1. The molecule has 1 aromatic carbocycles. The average molecular weight is 283 g/mol. The lowest BCUT2D eigenvalue weighted by atomic mass is 10.0. The fourth-order valence-electron chi connectivity index (χ4n) is 2.02. The van der Waals surface area contributed by atoms with Crippen molar-refractivity contribution in [3.63, 3.8) is 0 Å². The summed E-state index contributed by atoms with van der Waals surface area (Å²) in [4.78, 5) is 14.4. The lowest BCUT2D eigenvalue weighted by Gasteiger charge is -2.15. The van der Waals surface area contributed by atoms with E-state index in [9.17, 15) is 18.0 Å². The number of alkyl halides is 3. The predicted molar refractivity (Wildman–Crippen MR) is 68.8 cm³/mol. The molecular formula is C14H12F3NO2. The molecule has 0 saturated carbocycles. The summed E-state index contributed by atoms with van der Waals surface area (Å²) in [5.41, 5.74) is -0.108. The molecule has 106 valence electrons. The first-order valence-electron chi connectivity index (χ1n) is 5.78. The zero-order valence-corrected chi connectivity index (χ0v) is 10.8. The monoisotopic (exact) mass is 283 g/mol. The van der Waals surface area contributed by atoms with Crippen LogP contribution in [0.5, 0.6) is 5.75 Å². The van der Waals surface area contributed by atoms with Gasteiger partial charge in [0, 0.05) is 23.4 Å². The number of nitrogens with one attached hydrogen (secondary N) is 1. The Morgan fingerprint density at radius 3 is 2.45 bits per heavy atom. The number of rotatable bonds is 2. The predicted octanol–water partition coefficient (Wildman–Crippen LogP) is 3.38. The molecule has 0 unspecified atom stereocenters. The quantitative estimate of drug-likeness (QED) is 0.918. The molecule has 0 saturated heterocycles. The number of methoxy groups -OCH3 is 1. The molecule has 2 rings (SSSR count). The standard InChI is InChI=1S/C14H12F3NO2/c1-8-6-9(19)7-12(18-8)10-4-3-5-11(13(10)20-2)14(15,16)17/h3-7H,1-2H3,(H,18,19). The molecule has 2 aromatic rings. The summed E-state index contributed by atoms with van der Waals surface area (Å²) in [6.45, 7) is 1.66. The molecule has 0 aliphatic carbocycles. The van der Waals surface area contributed by atoms with Gasteiger partial charge in [-0.25, -0.2) is 0 Å². The van der Waals surface area contributed by atoms with Gasteiger partial charge in [0.2, 0.25) is 0 Å². The number of H-pyrrole nitrogens is 1. The number of para-hydroxylation sites is 1. The van der Waals surface area contributed by atoms with E-state index >= 15 is 0 Å². The summed E-state index contributed by atoms with van der Waals surface area (Å²) in [5, 5.41) is 0. The van der Waals surface area contributed by atoms with Crippen molar-refractivity contribution in [2.45, 2.75) is 13.1 Å². The topological polar surface area (TPSA) is 42.1 Å². The van der Waals surface area contributed by atoms with Crippen LogP contribution in [0.15, 0.2) is 35.1 Å². The summed E-state index contributed by atoms with van der Waals surface area (Å²) >= 11 is 0. The van der Waals surface area contributed by atoms with Crippen molar-refractivity contribution >= 4 is 0 Å². The van der Waals surface area contributed by atoms with Crippen molar-refractivity contribution in [1.82, 2.24) is 4.98 Å². The van der Waals surface area contributed by atoms with Crippen LogP contribution >= 0.6 is 0 Å². The van der Waals surface area contributed by atoms with Crippen LogP contribution in [0.4, 0.5) is 13.2 Å². The van der Waals surface area contributed by atoms with E-state index in [0.717, 1.165) is 6.07 Å². The summed E-state index contributed by atoms with van der Waals surface area (Å²) in [6, 6.07) is 6.30. The third-order valence-corrected chi connectivity index (χ3v) is 2.79. The Kier molecular flexibility index (Phi) is 3.57. The van der Waals surface area contributed by atoms with Gasteiger partial charge in [-0.3, -0.25) is 4.79 Å². The van der Waals surface area contributed by atoms with Gasteiger partial charge >= 0.3 is 6.18 Å². The summed E-state index contributed by atoms with van der Waals surface area (Å²) < 4.78 is 43.7. The SMILES string of the molecule is COc1c(-c2cc(=O)cc(C)[nH]2)cccc1C(F)(F)F. The largest absolute Gasteiger partial charge is 0.495 e. The van der Waals surface area contributed by atoms with Crippen molar-refractivity contribution in [2.24, 2.45) is 0 Å². The van der Waals surface area contributed by atoms with Crippen LogP contribution in [0, 0.1) is 6.92 Å². The van der Waals surface area contributed by atoms with Crippen LogP contribution in [-0.4, -0.2) is 12.1 Å². The zero-order chi connectivity index (χ0) is 14.9. The van der Waals surface area contributed by atoms with Gasteiger partial charge < -0.3 is 9.72 Å². The first-order chi connectivity index (χ1) is 9.32. The van der Waals surface area contributed by atoms with Gasteiger partial charge in [0.1, 0.15) is 5.75 Å². The fourth-order valence-corrected chi connectivity index (χ4v) is 2.02. The highest BCUT2D eigenvalue weighted by molar-refractivity contribution is 5.69. The van der Waals surface area contributed by atoms with Crippen molar-refractivity contribution in [1.29, 1.82) is 0 Å². The molecule has 0 bridgehead atoms. The van der Waals surface area contributed by atoms with E-state index in [1.807, 2.05) is 0 Å². The van der Waals surface area contributed by atoms with Gasteiger partial charge in [-0.2, -0.15) is 13.2 Å². The van der Waals surface area contributed by atoms with Crippen LogP contribution in [-0.2, 0) is 6.18 Å². The smallest absolute Gasteiger partial charge is 0.419 e. The van der Waals surface area contributed by atoms with E-state index in [0.29, 0.717) is 5.69 Å². The van der Waals surface area contributed by atoms with E-state index in [4.69, 9.17) is 4.74 Å². The number of benzene rings is 1. The highest BCUT2D eigenvalue weighted by Gasteiger charge is 2.35. The van der Waals surface area contributed by atoms with Gasteiger partial charge in [0.05, 0.1) is 18.4 Å². The summed E-state index contributed by atoms with van der Waals surface area (Å²) in [6.07, 6.45) is -4.52. The Balaban J connectivity index is 2.71. The van der Waals surface area contributed by atoms with E-state index in [-0.39, 0.29) is 22.4 Å². The summed E-state index contributed by atoms with van der Waals surface area (Å²) in [5.74, 6) is -0.304. The van der Waals surface area contributed by atoms with E-state index in [1.54, 1.807) is 6.92 Å². The number of pyridine rings is 1. The first-order valence-corrected chi connectivity index (χ1v) is 5.78. The molecule has 0 spiro atoms. The van der Waals surface area contributed by atoms with E-state index in [1.165, 1.54) is 31.4 Å². The third-order valence-electron chi connectivity index (χ3n) is 2.79. The Morgan fingerprint density at radius 2 is 1.90 bits per heavy atom. The van der Waals surface area contributed by atoms with Crippen molar-refractivity contribution < 1.29 is 17.9 Å². The molecule has 1 N–H and O–H groups in total. The zero-order valence-electron chi connectivity index (χ0n) is 10.8. The Hall–Kier alpha value is -2.24. The maximum atomic E-state index is 12.9. The highest BCUT2D eigenvalue weighted by atomic mass is 19.4. The molecule has 0 amide bonds. The molecule has 0 atom stereocenters. The van der Waals surface area contributed by atoms with Crippen LogP contribution in [0.2, 0.25) is 0 Å². The molecule has 0 radical (unpaired) electrons. The third kappa shape index (κ3) is 2.68. The van der Waals surface area contributed by atoms with Gasteiger partial charge in [0.15, 0.2) is 5.43 Å². The number of hydrogen-bond donors (Lipinski definition) is 1. The lowest BCUT2D eigenvalue weighted by molar-refractivity contribution is -0.138. The Labute approximate surface area is 113 Å². The van der Waals surface area contributed by atoms with E-state index in [2.05, 4.69) is 4.98 Å². The molecule has 1 aromatic heterocycles. The second kappa shape index (κ2) is 5.03. The first kappa shape index (κ1) is 14.2. The fraction of sp³-hybridized carbons (Fsp3) is 0.214. The molecular weight excluding hydrogens is 271 g/mol. The minimum atomic E-state index is -4.52. The minimum absolute atomic E-state index is 0.197. The number of hydrogen-bond acceptors (Lipinski definition) is 2. The minimum Gasteiger partial charge on any atom is -0.495 e. The van der Waals surface area contributed by atoms with Crippen LogP contribution in [0.3, 0.4) is 0 Å². The average Bonchev–Trinajstić information content (AvgIpc) is 2.35. The number of ether oxygens (including phenoxy) is 1. The Morgan fingerprint density at radius 1 is 1.20 bits per heavy atom. The van der Waals surface area contributed by atoms with Crippen LogP contribution < -0.4 is 10.2 Å². The van der Waals surface area contributed by atoms with Crippen molar-refractivity contribution in [2.75, 3.05) is 7.11 Å². The van der Waals surface area contributed by atoms with Gasteiger partial charge in [-0.05, 0) is 19.1 Å². The molecule has 0 aliphatic rings. The molecule has 1 heterocycles. The second-order valence-electron chi connectivity index (χ2n) is 4.30. The normalized spacial score (nSPS) is 11.4. The second-order valence-corrected chi connectivity index (χ2v) is 4.30. The molecule has 0 fully saturated rings. The molecule has 0 aliphatic heterocycles. The molecule has 3 nitrogen and oxygen atoms in total. The van der Waals surface area contributed by atoms with Crippen LogP contribution in [0.1, 0.15) is 11.3 Å². The van der Waals surface area contributed by atoms with Crippen molar-refractivity contribution in [3.8, 4) is 17.0 Å². The maximum absolute atomic E-state index is 12.9. The molecule has 6 heteroatoms. The summed E-state index contributed by atoms with van der Waals surface area (Å²) in [7, 11) is 1.17. The van der Waals surface area contributed by atoms with Gasteiger partial charge in [-0.1, -0.05) is 6.07 Å². The van der Waals surface area contributed by atoms with Crippen LogP contribution in [0.25, 0.3) is 11.3 Å². The maximum Gasteiger partial charge on any atom is 0.419 e. The van der Waals surface area contributed by atoms with Gasteiger partial charge in [0.25, 0.3) is 0 Å². The number of halogens is 3. The van der Waals surface area contributed by atoms with Crippen molar-refractivity contribution in [3.05, 3.63) is 51.8 Å². The number of aryl methyl sites for hydroxylation is 1. The number of aromatic amines is 1. The lowest BCUT2D eigenvalue weighted by Crippen LogP contribution is -2.09. The van der Waals surface area contributed by atoms with Gasteiger partial charge in [-0.15, -0.1) is 0 Å². The molecule has 20 heavy (non-hydrogen) atoms. The highest BCUT2D eigenvalue weighted by Crippen LogP contribution is 2.41. The van der Waals surface area contributed by atoms with E-state index < -0.39 is 11.7 Å². The Bertz CT molecular complexity index is 690.